The van der Waals surface area contributed by atoms with Crippen LogP contribution in [0.3, 0.4) is 0 Å². The number of nitrogens with one attached hydrogen (secondary N) is 2. The molecule has 0 aromatic heterocycles. The number of carbonyl (C=O) groups excluding carboxylic acids is 1. The van der Waals surface area contributed by atoms with Gasteiger partial charge in [-0.15, -0.1) is 0 Å². The highest BCUT2D eigenvalue weighted by molar-refractivity contribution is 5.90. The van der Waals surface area contributed by atoms with Gasteiger partial charge in [-0.3, -0.25) is 4.79 Å². The van der Waals surface area contributed by atoms with Gasteiger partial charge in [0, 0.05) is 12.1 Å². The fourth-order valence-electron chi connectivity index (χ4n) is 2.53. The van der Waals surface area contributed by atoms with Crippen LogP contribution in [0.2, 0.25) is 0 Å². The normalized spacial score (nSPS) is 18.6. The lowest BCUT2D eigenvalue weighted by molar-refractivity contribution is -0.116. The van der Waals surface area contributed by atoms with E-state index in [-0.39, 0.29) is 5.91 Å². The molecule has 110 valence electrons. The van der Waals surface area contributed by atoms with Gasteiger partial charge in [-0.1, -0.05) is 0 Å². The molecule has 0 saturated carbocycles. The lowest BCUT2D eigenvalue weighted by Gasteiger charge is -2.22. The lowest BCUT2D eigenvalue weighted by atomic mass is 9.94. The smallest absolute Gasteiger partial charge is 0.224 e. The SMILES string of the molecule is CCOc1ccc(NC(=O)CCC2CCCNC2)cc1. The monoisotopic (exact) mass is 276 g/mol. The first-order valence-corrected chi connectivity index (χ1v) is 7.51. The van der Waals surface area contributed by atoms with Crippen LogP contribution in [0.1, 0.15) is 32.6 Å². The molecule has 1 unspecified atom stereocenters. The van der Waals surface area contributed by atoms with Gasteiger partial charge in [0.2, 0.25) is 5.91 Å². The van der Waals surface area contributed by atoms with Crippen molar-refractivity contribution < 1.29 is 9.53 Å². The van der Waals surface area contributed by atoms with Crippen LogP contribution >= 0.6 is 0 Å². The minimum atomic E-state index is 0.0970. The van der Waals surface area contributed by atoms with Crippen molar-refractivity contribution >= 4 is 11.6 Å². The summed E-state index contributed by atoms with van der Waals surface area (Å²) < 4.78 is 5.37. The summed E-state index contributed by atoms with van der Waals surface area (Å²) in [5, 5.41) is 6.32. The number of benzene rings is 1. The van der Waals surface area contributed by atoms with Crippen LogP contribution in [-0.2, 0) is 4.79 Å². The third-order valence-corrected chi connectivity index (χ3v) is 3.63. The van der Waals surface area contributed by atoms with Gasteiger partial charge in [0.05, 0.1) is 6.61 Å². The molecule has 1 saturated heterocycles. The number of ether oxygens (including phenoxy) is 1. The van der Waals surface area contributed by atoms with E-state index in [2.05, 4.69) is 10.6 Å². The average Bonchev–Trinajstić information content (AvgIpc) is 2.49. The summed E-state index contributed by atoms with van der Waals surface area (Å²) in [4.78, 5) is 11.9. The van der Waals surface area contributed by atoms with E-state index >= 15 is 0 Å². The molecule has 1 amide bonds. The zero-order valence-electron chi connectivity index (χ0n) is 12.2. The summed E-state index contributed by atoms with van der Waals surface area (Å²) in [6, 6.07) is 7.52. The van der Waals surface area contributed by atoms with Gasteiger partial charge in [-0.25, -0.2) is 0 Å². The van der Waals surface area contributed by atoms with E-state index < -0.39 is 0 Å². The van der Waals surface area contributed by atoms with Gasteiger partial charge in [0.1, 0.15) is 5.75 Å². The molecule has 2 rings (SSSR count). The van der Waals surface area contributed by atoms with Gasteiger partial charge in [0.15, 0.2) is 0 Å². The molecular weight excluding hydrogens is 252 g/mol. The highest BCUT2D eigenvalue weighted by atomic mass is 16.5. The van der Waals surface area contributed by atoms with Crippen molar-refractivity contribution in [3.8, 4) is 5.75 Å². The molecule has 1 aliphatic heterocycles. The maximum Gasteiger partial charge on any atom is 0.224 e. The summed E-state index contributed by atoms with van der Waals surface area (Å²) in [5.41, 5.74) is 0.834. The fraction of sp³-hybridized carbons (Fsp3) is 0.562. The molecule has 0 bridgehead atoms. The molecule has 1 atom stereocenters. The molecular formula is C16H24N2O2. The number of carbonyl (C=O) groups is 1. The van der Waals surface area contributed by atoms with Crippen LogP contribution in [0, 0.1) is 5.92 Å². The van der Waals surface area contributed by atoms with E-state index in [1.807, 2.05) is 31.2 Å². The number of hydrogen-bond donors (Lipinski definition) is 2. The molecule has 0 radical (unpaired) electrons. The third kappa shape index (κ3) is 4.85. The molecule has 1 aromatic carbocycles. The molecule has 2 N–H and O–H groups in total. The van der Waals surface area contributed by atoms with Gasteiger partial charge in [-0.05, 0) is 69.5 Å². The topological polar surface area (TPSA) is 50.4 Å². The fourth-order valence-corrected chi connectivity index (χ4v) is 2.53. The summed E-state index contributed by atoms with van der Waals surface area (Å²) in [6.07, 6.45) is 4.03. The number of amides is 1. The van der Waals surface area contributed by atoms with Crippen molar-refractivity contribution in [1.29, 1.82) is 0 Å². The molecule has 1 aromatic rings. The van der Waals surface area contributed by atoms with Gasteiger partial charge in [0.25, 0.3) is 0 Å². The van der Waals surface area contributed by atoms with Crippen LogP contribution < -0.4 is 15.4 Å². The Kier molecular flexibility index (Phi) is 5.87. The Morgan fingerprint density at radius 1 is 1.40 bits per heavy atom. The van der Waals surface area contributed by atoms with Crippen molar-refractivity contribution in [2.75, 3.05) is 25.0 Å². The molecule has 0 spiro atoms. The quantitative estimate of drug-likeness (QED) is 0.840. The Morgan fingerprint density at radius 3 is 2.85 bits per heavy atom. The van der Waals surface area contributed by atoms with Crippen LogP contribution in [0.25, 0.3) is 0 Å². The van der Waals surface area contributed by atoms with Crippen molar-refractivity contribution in [3.63, 3.8) is 0 Å². The second-order valence-corrected chi connectivity index (χ2v) is 5.26. The van der Waals surface area contributed by atoms with Crippen molar-refractivity contribution in [1.82, 2.24) is 5.32 Å². The zero-order chi connectivity index (χ0) is 14.2. The Bertz CT molecular complexity index is 411. The second-order valence-electron chi connectivity index (χ2n) is 5.26. The van der Waals surface area contributed by atoms with E-state index in [1.165, 1.54) is 12.8 Å². The largest absolute Gasteiger partial charge is 0.494 e. The first-order valence-electron chi connectivity index (χ1n) is 7.51. The minimum Gasteiger partial charge on any atom is -0.494 e. The number of piperidine rings is 1. The summed E-state index contributed by atoms with van der Waals surface area (Å²) in [7, 11) is 0. The van der Waals surface area contributed by atoms with Crippen LogP contribution in [0.15, 0.2) is 24.3 Å². The van der Waals surface area contributed by atoms with Crippen molar-refractivity contribution in [2.45, 2.75) is 32.6 Å². The first-order chi connectivity index (χ1) is 9.78. The predicted molar refractivity (Wildman–Crippen MR) is 81.1 cm³/mol. The van der Waals surface area contributed by atoms with Gasteiger partial charge >= 0.3 is 0 Å². The highest BCUT2D eigenvalue weighted by Gasteiger charge is 2.14. The van der Waals surface area contributed by atoms with Crippen molar-refractivity contribution in [2.24, 2.45) is 5.92 Å². The molecule has 1 heterocycles. The maximum absolute atomic E-state index is 11.9. The van der Waals surface area contributed by atoms with Crippen molar-refractivity contribution in [3.05, 3.63) is 24.3 Å². The standard InChI is InChI=1S/C16H24N2O2/c1-2-20-15-8-6-14(7-9-15)18-16(19)10-5-13-4-3-11-17-12-13/h6-9,13,17H,2-5,10-12H2,1H3,(H,18,19). The van der Waals surface area contributed by atoms with E-state index in [9.17, 15) is 4.79 Å². The van der Waals surface area contributed by atoms with Crippen LogP contribution in [0.5, 0.6) is 5.75 Å². The first kappa shape index (κ1) is 14.9. The third-order valence-electron chi connectivity index (χ3n) is 3.63. The van der Waals surface area contributed by atoms with Gasteiger partial charge in [-0.2, -0.15) is 0 Å². The lowest BCUT2D eigenvalue weighted by Crippen LogP contribution is -2.30. The molecule has 4 heteroatoms. The van der Waals surface area contributed by atoms with Gasteiger partial charge < -0.3 is 15.4 Å². The second kappa shape index (κ2) is 7.90. The highest BCUT2D eigenvalue weighted by Crippen LogP contribution is 2.18. The maximum atomic E-state index is 11.9. The zero-order valence-corrected chi connectivity index (χ0v) is 12.2. The predicted octanol–water partition coefficient (Wildman–Crippen LogP) is 2.80. The molecule has 4 nitrogen and oxygen atoms in total. The Morgan fingerprint density at radius 2 is 2.20 bits per heavy atom. The van der Waals surface area contributed by atoms with Crippen LogP contribution in [-0.4, -0.2) is 25.6 Å². The number of rotatable bonds is 6. The minimum absolute atomic E-state index is 0.0970. The van der Waals surface area contributed by atoms with E-state index in [1.54, 1.807) is 0 Å². The summed E-state index contributed by atoms with van der Waals surface area (Å²) in [6.45, 7) is 4.78. The van der Waals surface area contributed by atoms with Crippen LogP contribution in [0.4, 0.5) is 5.69 Å². The average molecular weight is 276 g/mol. The Balaban J connectivity index is 1.73. The molecule has 0 aliphatic carbocycles. The number of hydrogen-bond acceptors (Lipinski definition) is 3. The van der Waals surface area contributed by atoms with E-state index in [0.29, 0.717) is 18.9 Å². The molecule has 1 aliphatic rings. The van der Waals surface area contributed by atoms with E-state index in [0.717, 1.165) is 30.9 Å². The Labute approximate surface area is 120 Å². The molecule has 1 fully saturated rings. The number of anilines is 1. The van der Waals surface area contributed by atoms with E-state index in [4.69, 9.17) is 4.74 Å². The molecule has 20 heavy (non-hydrogen) atoms. The Hall–Kier alpha value is -1.55. The summed E-state index contributed by atoms with van der Waals surface area (Å²) in [5.74, 6) is 1.58. The summed E-state index contributed by atoms with van der Waals surface area (Å²) >= 11 is 0.